The Kier molecular flexibility index (Phi) is 3.75. The van der Waals surface area contributed by atoms with Gasteiger partial charge in [-0.15, -0.1) is 0 Å². The third-order valence-electron chi connectivity index (χ3n) is 1.95. The molecule has 0 radical (unpaired) electrons. The first-order valence-electron chi connectivity index (χ1n) is 4.68. The van der Waals surface area contributed by atoms with Crippen molar-refractivity contribution >= 4 is 23.4 Å². The van der Waals surface area contributed by atoms with Crippen LogP contribution in [0.2, 0.25) is 0 Å². The number of carbonyl (C=O) groups is 1. The van der Waals surface area contributed by atoms with Gasteiger partial charge in [0.05, 0.1) is 11.5 Å². The molecule has 0 unspecified atom stereocenters. The van der Waals surface area contributed by atoms with Crippen LogP contribution in [0.5, 0.6) is 0 Å². The molecule has 9 heteroatoms. The predicted octanol–water partition coefficient (Wildman–Crippen LogP) is -0.567. The van der Waals surface area contributed by atoms with Crippen LogP contribution < -0.4 is 16.4 Å². The fraction of sp³-hybridized carbons (Fsp3) is 0.375. The van der Waals surface area contributed by atoms with Gasteiger partial charge in [-0.1, -0.05) is 0 Å². The number of anilines is 2. The van der Waals surface area contributed by atoms with Crippen LogP contribution in [0.4, 0.5) is 17.5 Å². The molecular formula is C8H12N6O3. The van der Waals surface area contributed by atoms with Gasteiger partial charge >= 0.3 is 5.69 Å². The number of nitrogen functional groups attached to an aromatic ring is 1. The van der Waals surface area contributed by atoms with Crippen molar-refractivity contribution in [2.24, 2.45) is 0 Å². The second-order valence-electron chi connectivity index (χ2n) is 3.15. The smallest absolute Gasteiger partial charge is 0.332 e. The normalized spacial score (nSPS) is 9.76. The highest BCUT2D eigenvalue weighted by Crippen LogP contribution is 2.25. The molecule has 1 aromatic heterocycles. The van der Waals surface area contributed by atoms with Gasteiger partial charge in [-0.25, -0.2) is 4.98 Å². The maximum atomic E-state index is 11.0. The zero-order valence-corrected chi connectivity index (χ0v) is 9.35. The number of carbonyl (C=O) groups excluding carboxylic acids is 1. The minimum atomic E-state index is -0.624. The fourth-order valence-electron chi connectivity index (χ4n) is 1.18. The number of aromatic nitrogens is 2. The van der Waals surface area contributed by atoms with E-state index in [1.165, 1.54) is 14.0 Å². The summed E-state index contributed by atoms with van der Waals surface area (Å²) < 4.78 is 0. The maximum Gasteiger partial charge on any atom is 0.332 e. The first-order valence-corrected chi connectivity index (χ1v) is 4.68. The predicted molar refractivity (Wildman–Crippen MR) is 60.4 cm³/mol. The van der Waals surface area contributed by atoms with Crippen molar-refractivity contribution in [3.8, 4) is 0 Å². The van der Waals surface area contributed by atoms with Crippen LogP contribution in [0, 0.1) is 17.0 Å². The summed E-state index contributed by atoms with van der Waals surface area (Å²) in [6.07, 6.45) is 0. The van der Waals surface area contributed by atoms with Gasteiger partial charge in [0.2, 0.25) is 17.7 Å². The number of likely N-dealkylation sites (N-methyl/N-ethyl adjacent to an activating group) is 1. The number of nitrogens with zero attached hydrogens (tertiary/aromatic N) is 3. The first-order chi connectivity index (χ1) is 7.95. The Balaban J connectivity index is 3.04. The van der Waals surface area contributed by atoms with Crippen LogP contribution in [0.3, 0.4) is 0 Å². The molecule has 0 fully saturated rings. The lowest BCUT2D eigenvalue weighted by atomic mass is 10.3. The molecule has 0 spiro atoms. The first kappa shape index (κ1) is 12.6. The molecule has 1 rings (SSSR count). The topological polar surface area (TPSA) is 136 Å². The van der Waals surface area contributed by atoms with E-state index in [0.29, 0.717) is 0 Å². The van der Waals surface area contributed by atoms with Crippen LogP contribution in [0.1, 0.15) is 5.69 Å². The molecule has 0 atom stereocenters. The number of hydrogen-bond donors (Lipinski definition) is 3. The Morgan fingerprint density at radius 2 is 2.18 bits per heavy atom. The second kappa shape index (κ2) is 5.05. The van der Waals surface area contributed by atoms with Crippen molar-refractivity contribution in [2.75, 3.05) is 24.6 Å². The van der Waals surface area contributed by atoms with Crippen molar-refractivity contribution < 1.29 is 9.72 Å². The summed E-state index contributed by atoms with van der Waals surface area (Å²) in [4.78, 5) is 28.6. The molecule has 0 aromatic carbocycles. The summed E-state index contributed by atoms with van der Waals surface area (Å²) in [6.45, 7) is 1.31. The summed E-state index contributed by atoms with van der Waals surface area (Å²) >= 11 is 0. The zero-order chi connectivity index (χ0) is 13.0. The SMILES string of the molecule is CNC(=O)CNc1nc(N)nc(C)c1[N+](=O)[O-]. The van der Waals surface area contributed by atoms with Gasteiger partial charge in [0.1, 0.15) is 5.69 Å². The van der Waals surface area contributed by atoms with Crippen molar-refractivity contribution in [3.05, 3.63) is 15.8 Å². The minimum absolute atomic E-state index is 0.0661. The molecular weight excluding hydrogens is 228 g/mol. The lowest BCUT2D eigenvalue weighted by Crippen LogP contribution is -2.27. The van der Waals surface area contributed by atoms with Crippen molar-refractivity contribution in [1.82, 2.24) is 15.3 Å². The van der Waals surface area contributed by atoms with Crippen molar-refractivity contribution in [2.45, 2.75) is 6.92 Å². The largest absolute Gasteiger partial charge is 0.368 e. The molecule has 0 bridgehead atoms. The molecule has 92 valence electrons. The molecule has 0 aliphatic carbocycles. The average molecular weight is 240 g/mol. The number of nitrogens with one attached hydrogen (secondary N) is 2. The molecule has 0 saturated heterocycles. The molecule has 4 N–H and O–H groups in total. The Bertz CT molecular complexity index is 461. The van der Waals surface area contributed by atoms with Crippen molar-refractivity contribution in [3.63, 3.8) is 0 Å². The van der Waals surface area contributed by atoms with Gasteiger partial charge in [0, 0.05) is 7.05 Å². The Labute approximate surface area is 96.6 Å². The van der Waals surface area contributed by atoms with E-state index in [1.54, 1.807) is 0 Å². The Hall–Kier alpha value is -2.45. The number of rotatable bonds is 4. The van der Waals surface area contributed by atoms with Crippen LogP contribution >= 0.6 is 0 Å². The Morgan fingerprint density at radius 3 is 2.71 bits per heavy atom. The molecule has 1 amide bonds. The van der Waals surface area contributed by atoms with E-state index in [2.05, 4.69) is 20.6 Å². The molecule has 1 aromatic rings. The van der Waals surface area contributed by atoms with Gasteiger partial charge in [-0.05, 0) is 6.92 Å². The van der Waals surface area contributed by atoms with Gasteiger partial charge in [-0.3, -0.25) is 14.9 Å². The third-order valence-corrected chi connectivity index (χ3v) is 1.95. The Morgan fingerprint density at radius 1 is 1.53 bits per heavy atom. The van der Waals surface area contributed by atoms with E-state index in [-0.39, 0.29) is 35.6 Å². The molecule has 0 aliphatic rings. The van der Waals surface area contributed by atoms with Crippen LogP contribution in [0.25, 0.3) is 0 Å². The van der Waals surface area contributed by atoms with Crippen molar-refractivity contribution in [1.29, 1.82) is 0 Å². The summed E-state index contributed by atoms with van der Waals surface area (Å²) in [6, 6.07) is 0. The molecule has 17 heavy (non-hydrogen) atoms. The maximum absolute atomic E-state index is 11.0. The highest BCUT2D eigenvalue weighted by Gasteiger charge is 2.21. The van der Waals surface area contributed by atoms with E-state index >= 15 is 0 Å². The number of nitrogens with two attached hydrogens (primary N) is 1. The van der Waals surface area contributed by atoms with Crippen LogP contribution in [-0.2, 0) is 4.79 Å². The van der Waals surface area contributed by atoms with Gasteiger partial charge in [0.15, 0.2) is 0 Å². The number of aryl methyl sites for hydroxylation is 1. The summed E-state index contributed by atoms with van der Waals surface area (Å²) in [5.74, 6) is -0.481. The van der Waals surface area contributed by atoms with Crippen LogP contribution in [-0.4, -0.2) is 34.4 Å². The summed E-state index contributed by atoms with van der Waals surface area (Å²) in [5.41, 5.74) is 5.23. The molecule has 9 nitrogen and oxygen atoms in total. The third kappa shape index (κ3) is 3.00. The number of hydrogen-bond acceptors (Lipinski definition) is 7. The zero-order valence-electron chi connectivity index (χ0n) is 9.35. The number of nitro groups is 1. The number of amides is 1. The molecule has 1 heterocycles. The van der Waals surface area contributed by atoms with E-state index in [4.69, 9.17) is 5.73 Å². The highest BCUT2D eigenvalue weighted by molar-refractivity contribution is 5.81. The highest BCUT2D eigenvalue weighted by atomic mass is 16.6. The summed E-state index contributed by atoms with van der Waals surface area (Å²) in [7, 11) is 1.46. The van der Waals surface area contributed by atoms with E-state index in [0.717, 1.165) is 0 Å². The van der Waals surface area contributed by atoms with Gasteiger partial charge < -0.3 is 16.4 Å². The fourth-order valence-corrected chi connectivity index (χ4v) is 1.18. The van der Waals surface area contributed by atoms with E-state index < -0.39 is 4.92 Å². The van der Waals surface area contributed by atoms with Crippen LogP contribution in [0.15, 0.2) is 0 Å². The average Bonchev–Trinajstić information content (AvgIpc) is 2.24. The quantitative estimate of drug-likeness (QED) is 0.473. The molecule has 0 aliphatic heterocycles. The lowest BCUT2D eigenvalue weighted by molar-refractivity contribution is -0.385. The minimum Gasteiger partial charge on any atom is -0.368 e. The summed E-state index contributed by atoms with van der Waals surface area (Å²) in [5, 5.41) is 15.7. The van der Waals surface area contributed by atoms with Gasteiger partial charge in [0.25, 0.3) is 0 Å². The standard InChI is InChI=1S/C8H12N6O3/c1-4-6(14(16)17)7(13-8(9)12-4)11-3-5(15)10-2/h3H2,1-2H3,(H,10,15)(H3,9,11,12,13). The van der Waals surface area contributed by atoms with Gasteiger partial charge in [-0.2, -0.15) is 4.98 Å². The second-order valence-corrected chi connectivity index (χ2v) is 3.15. The monoisotopic (exact) mass is 240 g/mol. The lowest BCUT2D eigenvalue weighted by Gasteiger charge is -2.07. The van der Waals surface area contributed by atoms with E-state index in [9.17, 15) is 14.9 Å². The molecule has 0 saturated carbocycles. The van der Waals surface area contributed by atoms with E-state index in [1.807, 2.05) is 0 Å².